The summed E-state index contributed by atoms with van der Waals surface area (Å²) >= 11 is 1.13. The second kappa shape index (κ2) is 7.62. The Balaban J connectivity index is 1.35. The van der Waals surface area contributed by atoms with Gasteiger partial charge >= 0.3 is 5.00 Å². The average Bonchev–Trinajstić information content (AvgIpc) is 3.33. The number of aliphatic hydroxyl groups is 1. The van der Waals surface area contributed by atoms with Crippen molar-refractivity contribution in [1.29, 1.82) is 0 Å². The van der Waals surface area contributed by atoms with Crippen molar-refractivity contribution in [2.45, 2.75) is 71.3 Å². The number of allylic oxidation sites excluding steroid dienone is 1. The Kier molecular flexibility index (Phi) is 5.17. The van der Waals surface area contributed by atoms with Crippen molar-refractivity contribution >= 4 is 28.3 Å². The highest BCUT2D eigenvalue weighted by Crippen LogP contribution is 2.64. The van der Waals surface area contributed by atoms with Gasteiger partial charge in [-0.2, -0.15) is 10.2 Å². The molecule has 0 amide bonds. The molecule has 0 spiro atoms. The van der Waals surface area contributed by atoms with Crippen LogP contribution in [-0.2, 0) is 0 Å². The van der Waals surface area contributed by atoms with Crippen molar-refractivity contribution in [3.8, 4) is 0 Å². The summed E-state index contributed by atoms with van der Waals surface area (Å²) in [6, 6.07) is 3.24. The van der Waals surface area contributed by atoms with Crippen LogP contribution in [0.25, 0.3) is 0 Å². The summed E-state index contributed by atoms with van der Waals surface area (Å²) in [5, 5.41) is 30.2. The van der Waals surface area contributed by atoms with E-state index in [9.17, 15) is 15.2 Å². The number of nitro groups is 1. The third-order valence-corrected chi connectivity index (χ3v) is 9.95. The Morgan fingerprint density at radius 2 is 1.97 bits per heavy atom. The molecule has 7 heteroatoms. The first-order valence-corrected chi connectivity index (χ1v) is 12.3. The summed E-state index contributed by atoms with van der Waals surface area (Å²) < 4.78 is 0. The smallest absolute Gasteiger partial charge is 0.324 e. The van der Waals surface area contributed by atoms with Crippen LogP contribution in [0, 0.1) is 38.7 Å². The molecule has 6 nitrogen and oxygen atoms in total. The second-order valence-electron chi connectivity index (χ2n) is 10.4. The molecule has 3 saturated carbocycles. The molecule has 0 aliphatic heterocycles. The van der Waals surface area contributed by atoms with Gasteiger partial charge in [-0.15, -0.1) is 0 Å². The van der Waals surface area contributed by atoms with E-state index in [2.05, 4.69) is 30.1 Å². The molecule has 31 heavy (non-hydrogen) atoms. The van der Waals surface area contributed by atoms with Crippen LogP contribution in [0.3, 0.4) is 0 Å². The first-order valence-electron chi connectivity index (χ1n) is 11.5. The van der Waals surface area contributed by atoms with E-state index in [1.165, 1.54) is 30.2 Å². The van der Waals surface area contributed by atoms with Gasteiger partial charge in [0.25, 0.3) is 0 Å². The Labute approximate surface area is 187 Å². The number of hydrogen-bond donors (Lipinski definition) is 1. The molecule has 5 rings (SSSR count). The van der Waals surface area contributed by atoms with E-state index in [0.29, 0.717) is 17.8 Å². The lowest BCUT2D eigenvalue weighted by Crippen LogP contribution is -2.50. The third kappa shape index (κ3) is 3.41. The SMILES string of the molecule is CC12CCC(O)CC1=CCC1C2CCC2(C)/C(=N/N=C/c3ccc([N+](=O)[O-])s3)CCC12. The quantitative estimate of drug-likeness (QED) is 0.280. The van der Waals surface area contributed by atoms with Gasteiger partial charge in [-0.05, 0) is 80.6 Å². The van der Waals surface area contributed by atoms with Gasteiger partial charge in [-0.25, -0.2) is 0 Å². The fourth-order valence-electron chi connectivity index (χ4n) is 7.26. The molecule has 0 saturated heterocycles. The molecule has 6 atom stereocenters. The minimum absolute atomic E-state index is 0.107. The Morgan fingerprint density at radius 1 is 1.19 bits per heavy atom. The summed E-state index contributed by atoms with van der Waals surface area (Å²) in [6.45, 7) is 4.84. The van der Waals surface area contributed by atoms with E-state index in [1.54, 1.807) is 12.3 Å². The average molecular weight is 442 g/mol. The van der Waals surface area contributed by atoms with Crippen molar-refractivity contribution in [2.24, 2.45) is 38.8 Å². The monoisotopic (exact) mass is 441 g/mol. The lowest BCUT2D eigenvalue weighted by molar-refractivity contribution is -0.380. The van der Waals surface area contributed by atoms with Gasteiger partial charge < -0.3 is 5.11 Å². The van der Waals surface area contributed by atoms with Crippen LogP contribution < -0.4 is 0 Å². The van der Waals surface area contributed by atoms with Gasteiger partial charge in [-0.1, -0.05) is 36.8 Å². The standard InChI is InChI=1S/C24H31N3O3S/c1-23-11-9-16(28)13-15(23)3-5-18-19-6-7-21(24(19,2)12-10-20(18)23)26-25-14-17-4-8-22(31-17)27(29)30/h3-4,8,14,16,18-20,28H,5-7,9-13H2,1-2H3/b25-14+,26-21+. The van der Waals surface area contributed by atoms with Crippen LogP contribution in [0.4, 0.5) is 5.00 Å². The zero-order valence-corrected chi connectivity index (χ0v) is 19.1. The largest absolute Gasteiger partial charge is 0.393 e. The number of fused-ring (bicyclic) bond motifs is 5. The van der Waals surface area contributed by atoms with Gasteiger partial charge in [-0.3, -0.25) is 10.1 Å². The zero-order chi connectivity index (χ0) is 21.8. The molecule has 166 valence electrons. The molecule has 0 aromatic carbocycles. The highest BCUT2D eigenvalue weighted by atomic mass is 32.1. The first kappa shape index (κ1) is 21.0. The molecule has 1 aromatic heterocycles. The summed E-state index contributed by atoms with van der Waals surface area (Å²) in [5.41, 5.74) is 3.08. The second-order valence-corrected chi connectivity index (χ2v) is 11.5. The van der Waals surface area contributed by atoms with Crippen LogP contribution in [0.1, 0.15) is 70.1 Å². The van der Waals surface area contributed by atoms with Crippen LogP contribution in [0.15, 0.2) is 34.0 Å². The van der Waals surface area contributed by atoms with Crippen molar-refractivity contribution in [1.82, 2.24) is 0 Å². The molecule has 1 heterocycles. The minimum Gasteiger partial charge on any atom is -0.393 e. The number of hydrogen-bond acceptors (Lipinski definition) is 6. The van der Waals surface area contributed by atoms with Crippen LogP contribution in [0.5, 0.6) is 0 Å². The molecule has 0 radical (unpaired) electrons. The molecule has 1 N–H and O–H groups in total. The highest BCUT2D eigenvalue weighted by Gasteiger charge is 2.57. The molecule has 4 aliphatic rings. The number of rotatable bonds is 3. The summed E-state index contributed by atoms with van der Waals surface area (Å²) in [5.74, 6) is 2.05. The molecule has 0 bridgehead atoms. The molecule has 6 unspecified atom stereocenters. The molecule has 1 aromatic rings. The predicted molar refractivity (Wildman–Crippen MR) is 124 cm³/mol. The number of aliphatic hydroxyl groups excluding tert-OH is 1. The van der Waals surface area contributed by atoms with E-state index < -0.39 is 0 Å². The Hall–Kier alpha value is -1.86. The van der Waals surface area contributed by atoms with E-state index >= 15 is 0 Å². The maximum absolute atomic E-state index is 10.9. The fraction of sp³-hybridized carbons (Fsp3) is 0.667. The first-order chi connectivity index (χ1) is 14.8. The highest BCUT2D eigenvalue weighted by molar-refractivity contribution is 7.16. The van der Waals surface area contributed by atoms with Gasteiger partial charge in [0.15, 0.2) is 0 Å². The van der Waals surface area contributed by atoms with E-state index in [0.717, 1.165) is 54.7 Å². The molecular weight excluding hydrogens is 410 g/mol. The normalized spacial score (nSPS) is 41.0. The maximum atomic E-state index is 10.9. The number of nitrogens with zero attached hydrogens (tertiary/aromatic N) is 3. The van der Waals surface area contributed by atoms with Gasteiger partial charge in [0.1, 0.15) is 0 Å². The Morgan fingerprint density at radius 3 is 2.74 bits per heavy atom. The van der Waals surface area contributed by atoms with Crippen molar-refractivity contribution in [3.63, 3.8) is 0 Å². The van der Waals surface area contributed by atoms with Gasteiger partial charge in [0, 0.05) is 17.2 Å². The van der Waals surface area contributed by atoms with E-state index in [-0.39, 0.29) is 26.9 Å². The van der Waals surface area contributed by atoms with Gasteiger partial charge in [0.2, 0.25) is 0 Å². The van der Waals surface area contributed by atoms with Crippen molar-refractivity contribution < 1.29 is 10.0 Å². The molecule has 3 fully saturated rings. The predicted octanol–water partition coefficient (Wildman–Crippen LogP) is 5.75. The zero-order valence-electron chi connectivity index (χ0n) is 18.3. The lowest BCUT2D eigenvalue weighted by atomic mass is 9.48. The van der Waals surface area contributed by atoms with E-state index in [1.807, 2.05) is 0 Å². The minimum atomic E-state index is -0.369. The van der Waals surface area contributed by atoms with Crippen molar-refractivity contribution in [3.05, 3.63) is 38.8 Å². The summed E-state index contributed by atoms with van der Waals surface area (Å²) in [4.78, 5) is 11.3. The van der Waals surface area contributed by atoms with Crippen LogP contribution in [0.2, 0.25) is 0 Å². The lowest BCUT2D eigenvalue weighted by Gasteiger charge is -2.57. The van der Waals surface area contributed by atoms with Crippen LogP contribution in [-0.4, -0.2) is 28.1 Å². The third-order valence-electron chi connectivity index (χ3n) is 8.97. The van der Waals surface area contributed by atoms with Crippen LogP contribution >= 0.6 is 11.3 Å². The fourth-order valence-corrected chi connectivity index (χ4v) is 7.95. The van der Waals surface area contributed by atoms with Crippen molar-refractivity contribution in [2.75, 3.05) is 0 Å². The topological polar surface area (TPSA) is 88.1 Å². The molecular formula is C24H31N3O3S. The maximum Gasteiger partial charge on any atom is 0.324 e. The van der Waals surface area contributed by atoms with E-state index in [4.69, 9.17) is 0 Å². The summed E-state index contributed by atoms with van der Waals surface area (Å²) in [6.07, 6.45) is 12.6. The Bertz CT molecular complexity index is 982. The molecule has 4 aliphatic carbocycles. The summed E-state index contributed by atoms with van der Waals surface area (Å²) in [7, 11) is 0. The number of thiophene rings is 1. The van der Waals surface area contributed by atoms with Gasteiger partial charge in [0.05, 0.1) is 22.1 Å².